The molecule has 1 amide bonds. The number of methoxy groups -OCH3 is 1. The summed E-state index contributed by atoms with van der Waals surface area (Å²) in [7, 11) is 1.52. The summed E-state index contributed by atoms with van der Waals surface area (Å²) < 4.78 is 30.1. The average Bonchev–Trinajstić information content (AvgIpc) is 3.40. The topological polar surface area (TPSA) is 77.7 Å². The summed E-state index contributed by atoms with van der Waals surface area (Å²) in [5, 5.41) is 6.75. The van der Waals surface area contributed by atoms with Crippen molar-refractivity contribution in [1.82, 2.24) is 10.1 Å². The van der Waals surface area contributed by atoms with Gasteiger partial charge in [0.25, 0.3) is 5.91 Å². The van der Waals surface area contributed by atoms with E-state index in [0.717, 1.165) is 22.0 Å². The molecule has 0 aliphatic heterocycles. The maximum Gasteiger partial charge on any atom is 0.258 e. The van der Waals surface area contributed by atoms with Crippen molar-refractivity contribution in [3.8, 4) is 11.5 Å². The summed E-state index contributed by atoms with van der Waals surface area (Å²) in [4.78, 5) is 19.6. The Hall–Kier alpha value is -3.72. The van der Waals surface area contributed by atoms with Crippen LogP contribution in [0.4, 0.5) is 10.1 Å². The number of anilines is 1. The predicted molar refractivity (Wildman–Crippen MR) is 127 cm³/mol. The van der Waals surface area contributed by atoms with E-state index < -0.39 is 0 Å². The van der Waals surface area contributed by atoms with Gasteiger partial charge in [-0.1, -0.05) is 5.16 Å². The summed E-state index contributed by atoms with van der Waals surface area (Å²) >= 11 is 1.51. The smallest absolute Gasteiger partial charge is 0.258 e. The lowest BCUT2D eigenvalue weighted by molar-refractivity contribution is 0.0984. The maximum atomic E-state index is 13.5. The highest BCUT2D eigenvalue weighted by atomic mass is 32.1. The monoisotopic (exact) mass is 481 g/mol. The first-order valence-corrected chi connectivity index (χ1v) is 11.4. The summed E-state index contributed by atoms with van der Waals surface area (Å²) in [6, 6.07) is 10.8. The number of hydrogen-bond acceptors (Lipinski definition) is 7. The van der Waals surface area contributed by atoms with Crippen LogP contribution in [0.1, 0.15) is 38.1 Å². The van der Waals surface area contributed by atoms with Gasteiger partial charge in [0.2, 0.25) is 0 Å². The molecule has 0 N–H and O–H groups in total. The molecule has 0 aliphatic carbocycles. The minimum atomic E-state index is -0.373. The molecule has 4 aromatic rings. The van der Waals surface area contributed by atoms with Crippen LogP contribution in [0.2, 0.25) is 0 Å². The third-order valence-electron chi connectivity index (χ3n) is 5.33. The first-order chi connectivity index (χ1) is 16.4. The third kappa shape index (κ3) is 5.09. The highest BCUT2D eigenvalue weighted by Crippen LogP contribution is 2.31. The number of nitrogens with zero attached hydrogens (tertiary/aromatic N) is 3. The van der Waals surface area contributed by atoms with Gasteiger partial charge in [0, 0.05) is 16.6 Å². The molecular formula is C25H24FN3O4S. The molecule has 0 bridgehead atoms. The van der Waals surface area contributed by atoms with Crippen LogP contribution in [-0.4, -0.2) is 23.2 Å². The molecule has 34 heavy (non-hydrogen) atoms. The van der Waals surface area contributed by atoms with E-state index in [9.17, 15) is 9.18 Å². The van der Waals surface area contributed by atoms with Crippen molar-refractivity contribution >= 4 is 22.9 Å². The number of amides is 1. The number of aromatic nitrogens is 2. The lowest BCUT2D eigenvalue weighted by Crippen LogP contribution is -2.30. The number of benzene rings is 2. The Morgan fingerprint density at radius 1 is 1.12 bits per heavy atom. The number of thiazole rings is 1. The summed E-state index contributed by atoms with van der Waals surface area (Å²) in [5.41, 5.74) is 3.35. The largest absolute Gasteiger partial charge is 0.493 e. The zero-order valence-electron chi connectivity index (χ0n) is 19.3. The van der Waals surface area contributed by atoms with E-state index in [1.807, 2.05) is 26.2 Å². The summed E-state index contributed by atoms with van der Waals surface area (Å²) in [6.45, 7) is 6.09. The highest BCUT2D eigenvalue weighted by molar-refractivity contribution is 7.09. The molecule has 0 spiro atoms. The van der Waals surface area contributed by atoms with Crippen LogP contribution in [0, 0.1) is 26.6 Å². The van der Waals surface area contributed by atoms with Gasteiger partial charge < -0.3 is 18.9 Å². The molecule has 0 fully saturated rings. The quantitative estimate of drug-likeness (QED) is 0.325. The van der Waals surface area contributed by atoms with Crippen LogP contribution in [0.15, 0.2) is 52.4 Å². The summed E-state index contributed by atoms with van der Waals surface area (Å²) in [6.07, 6.45) is 0. The number of hydrogen-bond donors (Lipinski definition) is 0. The number of carbonyl (C=O) groups is 1. The van der Waals surface area contributed by atoms with Crippen molar-refractivity contribution in [2.75, 3.05) is 12.0 Å². The fourth-order valence-corrected chi connectivity index (χ4v) is 4.08. The van der Waals surface area contributed by atoms with E-state index in [1.54, 1.807) is 35.2 Å². The minimum Gasteiger partial charge on any atom is -0.493 e. The Morgan fingerprint density at radius 3 is 2.50 bits per heavy atom. The third-order valence-corrected chi connectivity index (χ3v) is 6.16. The second-order valence-corrected chi connectivity index (χ2v) is 8.74. The minimum absolute atomic E-state index is 0.251. The molecular weight excluding hydrogens is 457 g/mol. The molecule has 0 saturated heterocycles. The molecule has 0 aliphatic rings. The Labute approximate surface area is 200 Å². The number of rotatable bonds is 8. The van der Waals surface area contributed by atoms with Crippen molar-refractivity contribution in [3.05, 3.63) is 86.9 Å². The van der Waals surface area contributed by atoms with Crippen molar-refractivity contribution in [1.29, 1.82) is 0 Å². The molecule has 0 saturated carbocycles. The fourth-order valence-electron chi connectivity index (χ4n) is 3.48. The summed E-state index contributed by atoms with van der Waals surface area (Å²) in [5.74, 6) is 0.953. The van der Waals surface area contributed by atoms with Gasteiger partial charge in [-0.05, 0) is 63.2 Å². The Morgan fingerprint density at radius 2 is 1.88 bits per heavy atom. The molecule has 7 nitrogen and oxygen atoms in total. The Bertz CT molecular complexity index is 1280. The lowest BCUT2D eigenvalue weighted by atomic mass is 10.1. The first kappa shape index (κ1) is 23.4. The van der Waals surface area contributed by atoms with Crippen molar-refractivity contribution in [3.63, 3.8) is 0 Å². The molecule has 0 atom stereocenters. The second-order valence-electron chi connectivity index (χ2n) is 7.68. The van der Waals surface area contributed by atoms with Crippen LogP contribution < -0.4 is 14.4 Å². The molecule has 2 heterocycles. The SMILES string of the molecule is COc1cc(C(=O)N(Cc2csc(C)n2)c2ccc(F)cc2)ccc1OCc1c(C)noc1C. The van der Waals surface area contributed by atoms with Gasteiger partial charge >= 0.3 is 0 Å². The molecule has 176 valence electrons. The van der Waals surface area contributed by atoms with Gasteiger partial charge in [-0.3, -0.25) is 4.79 Å². The normalized spacial score (nSPS) is 10.9. The van der Waals surface area contributed by atoms with Crippen molar-refractivity contribution in [2.24, 2.45) is 0 Å². The van der Waals surface area contributed by atoms with Gasteiger partial charge in [0.1, 0.15) is 18.2 Å². The molecule has 9 heteroatoms. The van der Waals surface area contributed by atoms with E-state index in [2.05, 4.69) is 10.1 Å². The van der Waals surface area contributed by atoms with Crippen LogP contribution >= 0.6 is 11.3 Å². The fraction of sp³-hybridized carbons (Fsp3) is 0.240. The lowest BCUT2D eigenvalue weighted by Gasteiger charge is -2.23. The molecule has 2 aromatic heterocycles. The molecule has 2 aromatic carbocycles. The van der Waals surface area contributed by atoms with Crippen molar-refractivity contribution < 1.29 is 23.2 Å². The van der Waals surface area contributed by atoms with E-state index in [4.69, 9.17) is 14.0 Å². The molecule has 0 radical (unpaired) electrons. The highest BCUT2D eigenvalue weighted by Gasteiger charge is 2.21. The van der Waals surface area contributed by atoms with Crippen LogP contribution in [-0.2, 0) is 13.2 Å². The van der Waals surface area contributed by atoms with Crippen LogP contribution in [0.25, 0.3) is 0 Å². The Kier molecular flexibility index (Phi) is 6.93. The zero-order chi connectivity index (χ0) is 24.2. The molecule has 0 unspecified atom stereocenters. The number of aryl methyl sites for hydroxylation is 3. The number of ether oxygens (including phenoxy) is 2. The van der Waals surface area contributed by atoms with E-state index >= 15 is 0 Å². The van der Waals surface area contributed by atoms with Gasteiger partial charge in [0.05, 0.1) is 35.6 Å². The van der Waals surface area contributed by atoms with Crippen LogP contribution in [0.3, 0.4) is 0 Å². The van der Waals surface area contributed by atoms with Gasteiger partial charge in [-0.25, -0.2) is 9.37 Å². The maximum absolute atomic E-state index is 13.5. The van der Waals surface area contributed by atoms with E-state index in [1.165, 1.54) is 30.6 Å². The van der Waals surface area contributed by atoms with Crippen molar-refractivity contribution in [2.45, 2.75) is 33.9 Å². The zero-order valence-corrected chi connectivity index (χ0v) is 20.1. The average molecular weight is 482 g/mol. The standard InChI is InChI=1S/C25H24FN3O4S/c1-15-22(16(2)33-28-15)13-32-23-10-5-18(11-24(23)31-4)25(30)29(12-20-14-34-17(3)27-20)21-8-6-19(26)7-9-21/h5-11,14H,12-13H2,1-4H3. The van der Waals surface area contributed by atoms with E-state index in [0.29, 0.717) is 28.5 Å². The molecule has 4 rings (SSSR count). The van der Waals surface area contributed by atoms with Crippen LogP contribution in [0.5, 0.6) is 11.5 Å². The second kappa shape index (κ2) is 10.0. The Balaban J connectivity index is 1.60. The van der Waals surface area contributed by atoms with Gasteiger partial charge in [0.15, 0.2) is 11.5 Å². The van der Waals surface area contributed by atoms with E-state index in [-0.39, 0.29) is 24.9 Å². The predicted octanol–water partition coefficient (Wildman–Crippen LogP) is 5.63. The first-order valence-electron chi connectivity index (χ1n) is 10.6. The van der Waals surface area contributed by atoms with Gasteiger partial charge in [-0.2, -0.15) is 0 Å². The number of halogens is 1. The van der Waals surface area contributed by atoms with Gasteiger partial charge in [-0.15, -0.1) is 11.3 Å². The number of carbonyl (C=O) groups excluding carboxylic acids is 1.